The van der Waals surface area contributed by atoms with Crippen LogP contribution in [0.3, 0.4) is 0 Å². The number of nitrogens with zero attached hydrogens (tertiary/aromatic N) is 1. The van der Waals surface area contributed by atoms with Crippen LogP contribution in [-0.2, 0) is 0 Å². The van der Waals surface area contributed by atoms with Crippen LogP contribution in [-0.4, -0.2) is 0 Å². The summed E-state index contributed by atoms with van der Waals surface area (Å²) in [7, 11) is 0. The standard InChI is InChI=1S/C4H6N2/c1-4(2)6-3-5/h6H,1H2,2H3. The molecule has 0 aromatic rings. The van der Waals surface area contributed by atoms with Gasteiger partial charge in [-0.15, -0.1) is 0 Å². The highest BCUT2D eigenvalue weighted by Gasteiger charge is 1.69. The van der Waals surface area contributed by atoms with Crippen LogP contribution < -0.4 is 5.32 Å². The molecule has 2 nitrogen and oxygen atoms in total. The van der Waals surface area contributed by atoms with Gasteiger partial charge in [0.2, 0.25) is 0 Å². The Morgan fingerprint density at radius 1 is 2.00 bits per heavy atom. The number of nitrogens with one attached hydrogen (secondary N) is 1. The molecule has 0 aliphatic rings. The lowest BCUT2D eigenvalue weighted by Crippen LogP contribution is -1.97. The van der Waals surface area contributed by atoms with Crippen LogP contribution in [0.25, 0.3) is 0 Å². The molecule has 32 valence electrons. The van der Waals surface area contributed by atoms with E-state index in [0.29, 0.717) is 5.70 Å². The lowest BCUT2D eigenvalue weighted by Gasteiger charge is -1.83. The van der Waals surface area contributed by atoms with Crippen LogP contribution >= 0.6 is 0 Å². The summed E-state index contributed by atoms with van der Waals surface area (Å²) < 4.78 is 0. The molecule has 0 radical (unpaired) electrons. The van der Waals surface area contributed by atoms with Crippen molar-refractivity contribution in [1.29, 1.82) is 5.26 Å². The maximum absolute atomic E-state index is 7.81. The first-order valence-corrected chi connectivity index (χ1v) is 1.58. The van der Waals surface area contributed by atoms with Gasteiger partial charge in [0.15, 0.2) is 6.19 Å². The van der Waals surface area contributed by atoms with Gasteiger partial charge in [-0.1, -0.05) is 6.58 Å². The summed E-state index contributed by atoms with van der Waals surface area (Å²) in [5.41, 5.74) is 0.678. The smallest absolute Gasteiger partial charge is 0.181 e. The Labute approximate surface area is 37.1 Å². The van der Waals surface area contributed by atoms with Crippen LogP contribution in [0.2, 0.25) is 0 Å². The molecule has 0 aromatic carbocycles. The highest BCUT2D eigenvalue weighted by atomic mass is 14.9. The van der Waals surface area contributed by atoms with Gasteiger partial charge in [0, 0.05) is 5.70 Å². The SMILES string of the molecule is C=C(C)NC#N. The van der Waals surface area contributed by atoms with Gasteiger partial charge < -0.3 is 0 Å². The zero-order valence-corrected chi connectivity index (χ0v) is 3.65. The minimum absolute atomic E-state index is 0.678. The summed E-state index contributed by atoms with van der Waals surface area (Å²) in [5.74, 6) is 0. The van der Waals surface area contributed by atoms with Crippen LogP contribution in [0.5, 0.6) is 0 Å². The third kappa shape index (κ3) is 3.03. The molecule has 2 heteroatoms. The van der Waals surface area contributed by atoms with E-state index in [-0.39, 0.29) is 0 Å². The molecule has 0 bridgehead atoms. The second-order valence-corrected chi connectivity index (χ2v) is 1.02. The van der Waals surface area contributed by atoms with E-state index in [2.05, 4.69) is 11.9 Å². The number of hydrogen-bond donors (Lipinski definition) is 1. The van der Waals surface area contributed by atoms with Gasteiger partial charge in [0.05, 0.1) is 0 Å². The molecule has 0 aliphatic carbocycles. The number of allylic oxidation sites excluding steroid dienone is 1. The van der Waals surface area contributed by atoms with Crippen molar-refractivity contribution >= 4 is 0 Å². The van der Waals surface area contributed by atoms with Crippen LogP contribution in [0, 0.1) is 11.5 Å². The summed E-state index contributed by atoms with van der Waals surface area (Å²) in [6.07, 6.45) is 1.72. The normalized spacial score (nSPS) is 6.00. The Bertz CT molecular complexity index is 88.2. The van der Waals surface area contributed by atoms with E-state index in [9.17, 15) is 0 Å². The largest absolute Gasteiger partial charge is 0.298 e. The van der Waals surface area contributed by atoms with Crippen LogP contribution in [0.15, 0.2) is 12.3 Å². The van der Waals surface area contributed by atoms with E-state index >= 15 is 0 Å². The summed E-state index contributed by atoms with van der Waals surface area (Å²) in [6.45, 7) is 5.14. The molecule has 0 amide bonds. The Hall–Kier alpha value is -0.970. The van der Waals surface area contributed by atoms with E-state index in [1.807, 2.05) is 0 Å². The van der Waals surface area contributed by atoms with Crippen molar-refractivity contribution in [3.05, 3.63) is 12.3 Å². The van der Waals surface area contributed by atoms with Crippen molar-refractivity contribution in [2.24, 2.45) is 0 Å². The van der Waals surface area contributed by atoms with Gasteiger partial charge in [-0.2, -0.15) is 5.26 Å². The maximum Gasteiger partial charge on any atom is 0.181 e. The van der Waals surface area contributed by atoms with E-state index in [0.717, 1.165) is 0 Å². The Morgan fingerprint density at radius 2 is 2.50 bits per heavy atom. The van der Waals surface area contributed by atoms with Gasteiger partial charge in [-0.25, -0.2) is 0 Å². The quantitative estimate of drug-likeness (QED) is 0.371. The average molecular weight is 82.1 g/mol. The molecule has 1 N–H and O–H groups in total. The Balaban J connectivity index is 3.13. The molecule has 0 saturated heterocycles. The third-order valence-corrected chi connectivity index (χ3v) is 0.269. The van der Waals surface area contributed by atoms with Crippen molar-refractivity contribution in [3.63, 3.8) is 0 Å². The fraction of sp³-hybridized carbons (Fsp3) is 0.250. The van der Waals surface area contributed by atoms with E-state index in [1.165, 1.54) is 0 Å². The van der Waals surface area contributed by atoms with Gasteiger partial charge in [-0.3, -0.25) is 5.32 Å². The van der Waals surface area contributed by atoms with Crippen LogP contribution in [0.1, 0.15) is 6.92 Å². The van der Waals surface area contributed by atoms with E-state index in [1.54, 1.807) is 13.1 Å². The summed E-state index contributed by atoms with van der Waals surface area (Å²) in [5, 5.41) is 10.1. The molecule has 0 heterocycles. The van der Waals surface area contributed by atoms with Crippen molar-refractivity contribution in [2.45, 2.75) is 6.92 Å². The molecule has 0 aliphatic heterocycles. The number of nitriles is 1. The first kappa shape index (κ1) is 5.03. The third-order valence-electron chi connectivity index (χ3n) is 0.269. The predicted molar refractivity (Wildman–Crippen MR) is 23.6 cm³/mol. The minimum atomic E-state index is 0.678. The van der Waals surface area contributed by atoms with Crippen molar-refractivity contribution in [3.8, 4) is 6.19 Å². The molecular weight excluding hydrogens is 76.1 g/mol. The maximum atomic E-state index is 7.81. The molecule has 0 rings (SSSR count). The zero-order valence-electron chi connectivity index (χ0n) is 3.65. The second kappa shape index (κ2) is 2.28. The lowest BCUT2D eigenvalue weighted by molar-refractivity contribution is 1.08. The van der Waals surface area contributed by atoms with Gasteiger partial charge >= 0.3 is 0 Å². The zero-order chi connectivity index (χ0) is 4.99. The lowest BCUT2D eigenvalue weighted by atomic mass is 10.6. The number of rotatable bonds is 1. The molecule has 6 heavy (non-hydrogen) atoms. The summed E-state index contributed by atoms with van der Waals surface area (Å²) >= 11 is 0. The average Bonchev–Trinajstić information content (AvgIpc) is 1.35. The molecule has 0 aromatic heterocycles. The van der Waals surface area contributed by atoms with Gasteiger partial charge in [0.1, 0.15) is 0 Å². The molecular formula is C4H6N2. The first-order chi connectivity index (χ1) is 2.77. The molecule has 0 atom stereocenters. The summed E-state index contributed by atoms with van der Waals surface area (Å²) in [4.78, 5) is 0. The Kier molecular flexibility index (Phi) is 1.91. The van der Waals surface area contributed by atoms with Gasteiger partial charge in [-0.05, 0) is 6.92 Å². The molecule has 0 fully saturated rings. The van der Waals surface area contributed by atoms with Gasteiger partial charge in [0.25, 0.3) is 0 Å². The van der Waals surface area contributed by atoms with Crippen molar-refractivity contribution < 1.29 is 0 Å². The van der Waals surface area contributed by atoms with Crippen molar-refractivity contribution in [2.75, 3.05) is 0 Å². The van der Waals surface area contributed by atoms with E-state index < -0.39 is 0 Å². The molecule has 0 saturated carbocycles. The first-order valence-electron chi connectivity index (χ1n) is 1.58. The fourth-order valence-corrected chi connectivity index (χ4v) is 0.0954. The topological polar surface area (TPSA) is 35.8 Å². The van der Waals surface area contributed by atoms with Crippen LogP contribution in [0.4, 0.5) is 0 Å². The highest BCUT2D eigenvalue weighted by Crippen LogP contribution is 1.70. The molecule has 0 unspecified atom stereocenters. The van der Waals surface area contributed by atoms with Crippen molar-refractivity contribution in [1.82, 2.24) is 5.32 Å². The fourth-order valence-electron chi connectivity index (χ4n) is 0.0954. The molecule has 0 spiro atoms. The predicted octanol–water partition coefficient (Wildman–Crippen LogP) is 0.591. The number of hydrogen-bond acceptors (Lipinski definition) is 2. The monoisotopic (exact) mass is 82.1 g/mol. The minimum Gasteiger partial charge on any atom is -0.298 e. The van der Waals surface area contributed by atoms with E-state index in [4.69, 9.17) is 5.26 Å². The summed E-state index contributed by atoms with van der Waals surface area (Å²) in [6, 6.07) is 0. The second-order valence-electron chi connectivity index (χ2n) is 1.02. The Morgan fingerprint density at radius 3 is 2.50 bits per heavy atom. The highest BCUT2D eigenvalue weighted by molar-refractivity contribution is 4.90.